The van der Waals surface area contributed by atoms with Crippen LogP contribution in [0.5, 0.6) is 0 Å². The SMILES string of the molecule is COC(=O)[C@H](NCc1cnc(C)s1)[C@H](C)O. The smallest absolute Gasteiger partial charge is 0.325 e. The number of nitrogens with zero attached hydrogens (tertiary/aromatic N) is 1. The molecule has 0 bridgehead atoms. The van der Waals surface area contributed by atoms with E-state index in [4.69, 9.17) is 0 Å². The summed E-state index contributed by atoms with van der Waals surface area (Å²) >= 11 is 1.55. The molecular formula is C10H16N2O3S. The second-order valence-corrected chi connectivity index (χ2v) is 4.79. The summed E-state index contributed by atoms with van der Waals surface area (Å²) < 4.78 is 4.59. The average Bonchev–Trinajstić information content (AvgIpc) is 2.63. The molecule has 0 spiro atoms. The topological polar surface area (TPSA) is 71.5 Å². The lowest BCUT2D eigenvalue weighted by molar-refractivity contribution is -0.145. The zero-order valence-electron chi connectivity index (χ0n) is 9.56. The number of carbonyl (C=O) groups excluding carboxylic acids is 1. The first-order valence-electron chi connectivity index (χ1n) is 4.95. The van der Waals surface area contributed by atoms with Crippen molar-refractivity contribution in [2.75, 3.05) is 7.11 Å². The highest BCUT2D eigenvalue weighted by Crippen LogP contribution is 2.11. The lowest BCUT2D eigenvalue weighted by Gasteiger charge is -2.18. The van der Waals surface area contributed by atoms with Crippen molar-refractivity contribution in [1.29, 1.82) is 0 Å². The van der Waals surface area contributed by atoms with E-state index in [0.717, 1.165) is 9.88 Å². The van der Waals surface area contributed by atoms with Crippen molar-refractivity contribution in [2.45, 2.75) is 32.5 Å². The molecule has 0 aliphatic rings. The van der Waals surface area contributed by atoms with Crippen molar-refractivity contribution in [3.05, 3.63) is 16.1 Å². The number of aliphatic hydroxyl groups excluding tert-OH is 1. The minimum absolute atomic E-state index is 0.462. The molecule has 0 aliphatic heterocycles. The zero-order chi connectivity index (χ0) is 12.1. The standard InChI is InChI=1S/C10H16N2O3S/c1-6(13)9(10(14)15-3)12-5-8-4-11-7(2)16-8/h4,6,9,12-13H,5H2,1-3H3/t6-,9+/m0/s1. The number of aliphatic hydroxyl groups is 1. The Morgan fingerprint density at radius 1 is 1.75 bits per heavy atom. The van der Waals surface area contributed by atoms with Gasteiger partial charge in [-0.1, -0.05) is 0 Å². The van der Waals surface area contributed by atoms with Crippen LogP contribution in [-0.2, 0) is 16.1 Å². The number of aromatic nitrogens is 1. The molecule has 16 heavy (non-hydrogen) atoms. The van der Waals surface area contributed by atoms with Crippen LogP contribution in [0.25, 0.3) is 0 Å². The zero-order valence-corrected chi connectivity index (χ0v) is 10.4. The van der Waals surface area contributed by atoms with E-state index in [1.807, 2.05) is 6.92 Å². The summed E-state index contributed by atoms with van der Waals surface area (Å²) in [6.45, 7) is 3.96. The number of aryl methyl sites for hydroxylation is 1. The molecule has 0 aliphatic carbocycles. The number of ether oxygens (including phenoxy) is 1. The monoisotopic (exact) mass is 244 g/mol. The summed E-state index contributed by atoms with van der Waals surface area (Å²) in [5, 5.41) is 13.3. The van der Waals surface area contributed by atoms with E-state index in [9.17, 15) is 9.90 Å². The first-order valence-corrected chi connectivity index (χ1v) is 5.77. The highest BCUT2D eigenvalue weighted by atomic mass is 32.1. The summed E-state index contributed by atoms with van der Waals surface area (Å²) in [5.74, 6) is -0.462. The third kappa shape index (κ3) is 3.55. The first kappa shape index (κ1) is 13.1. The molecule has 0 unspecified atom stereocenters. The first-order chi connectivity index (χ1) is 7.54. The maximum absolute atomic E-state index is 11.3. The lowest BCUT2D eigenvalue weighted by Crippen LogP contribution is -2.45. The van der Waals surface area contributed by atoms with Crippen molar-refractivity contribution in [3.63, 3.8) is 0 Å². The third-order valence-electron chi connectivity index (χ3n) is 2.10. The highest BCUT2D eigenvalue weighted by Gasteiger charge is 2.23. The van der Waals surface area contributed by atoms with Gasteiger partial charge >= 0.3 is 5.97 Å². The van der Waals surface area contributed by atoms with E-state index in [2.05, 4.69) is 15.0 Å². The maximum Gasteiger partial charge on any atom is 0.325 e. The van der Waals surface area contributed by atoms with Crippen LogP contribution in [-0.4, -0.2) is 35.3 Å². The Morgan fingerprint density at radius 3 is 2.88 bits per heavy atom. The summed E-state index contributed by atoms with van der Waals surface area (Å²) in [5.41, 5.74) is 0. The minimum Gasteiger partial charge on any atom is -0.468 e. The maximum atomic E-state index is 11.3. The molecule has 2 N–H and O–H groups in total. The third-order valence-corrected chi connectivity index (χ3v) is 3.02. The Morgan fingerprint density at radius 2 is 2.44 bits per heavy atom. The molecule has 2 atom stereocenters. The quantitative estimate of drug-likeness (QED) is 0.736. The van der Waals surface area contributed by atoms with Crippen LogP contribution < -0.4 is 5.32 Å². The van der Waals surface area contributed by atoms with E-state index >= 15 is 0 Å². The normalized spacial score (nSPS) is 14.5. The molecule has 0 amide bonds. The highest BCUT2D eigenvalue weighted by molar-refractivity contribution is 7.11. The lowest BCUT2D eigenvalue weighted by atomic mass is 10.2. The van der Waals surface area contributed by atoms with E-state index < -0.39 is 18.1 Å². The molecule has 0 aromatic carbocycles. The Kier molecular flexibility index (Phi) is 4.85. The van der Waals surface area contributed by atoms with Crippen LogP contribution in [0.15, 0.2) is 6.20 Å². The molecule has 0 saturated heterocycles. The fourth-order valence-electron chi connectivity index (χ4n) is 1.28. The van der Waals surface area contributed by atoms with E-state index in [1.165, 1.54) is 7.11 Å². The molecule has 1 aromatic heterocycles. The predicted molar refractivity (Wildman–Crippen MR) is 61.2 cm³/mol. The van der Waals surface area contributed by atoms with Gasteiger partial charge in [-0.05, 0) is 13.8 Å². The molecule has 0 radical (unpaired) electrons. The fraction of sp³-hybridized carbons (Fsp3) is 0.600. The van der Waals surface area contributed by atoms with Crippen LogP contribution in [0.2, 0.25) is 0 Å². The molecule has 0 saturated carbocycles. The van der Waals surface area contributed by atoms with Gasteiger partial charge in [-0.25, -0.2) is 4.98 Å². The number of nitrogens with one attached hydrogen (secondary N) is 1. The Hall–Kier alpha value is -0.980. The van der Waals surface area contributed by atoms with Gasteiger partial charge in [-0.3, -0.25) is 10.1 Å². The van der Waals surface area contributed by atoms with Crippen molar-refractivity contribution in [1.82, 2.24) is 10.3 Å². The van der Waals surface area contributed by atoms with Crippen LogP contribution in [0.4, 0.5) is 0 Å². The van der Waals surface area contributed by atoms with Gasteiger partial charge in [0.2, 0.25) is 0 Å². The summed E-state index contributed by atoms with van der Waals surface area (Å²) in [4.78, 5) is 16.4. The molecule has 1 rings (SSSR count). The van der Waals surface area contributed by atoms with Crippen molar-refractivity contribution >= 4 is 17.3 Å². The van der Waals surface area contributed by atoms with Crippen molar-refractivity contribution in [2.24, 2.45) is 0 Å². The van der Waals surface area contributed by atoms with E-state index in [1.54, 1.807) is 24.5 Å². The number of carbonyl (C=O) groups is 1. The fourth-order valence-corrected chi connectivity index (χ4v) is 2.02. The molecule has 90 valence electrons. The van der Waals surface area contributed by atoms with Crippen LogP contribution in [0, 0.1) is 6.92 Å². The molecule has 5 nitrogen and oxygen atoms in total. The van der Waals surface area contributed by atoms with Gasteiger partial charge in [0.25, 0.3) is 0 Å². The number of rotatable bonds is 5. The summed E-state index contributed by atoms with van der Waals surface area (Å²) in [6.07, 6.45) is 0.963. The average molecular weight is 244 g/mol. The Bertz CT molecular complexity index is 352. The van der Waals surface area contributed by atoms with Crippen LogP contribution in [0.1, 0.15) is 16.8 Å². The second kappa shape index (κ2) is 5.93. The second-order valence-electron chi connectivity index (χ2n) is 3.47. The summed E-state index contributed by atoms with van der Waals surface area (Å²) in [6, 6.07) is -0.701. The molecule has 1 aromatic rings. The van der Waals surface area contributed by atoms with Crippen LogP contribution in [0.3, 0.4) is 0 Å². The van der Waals surface area contributed by atoms with Gasteiger partial charge in [0.15, 0.2) is 0 Å². The Labute approximate surface area is 98.5 Å². The van der Waals surface area contributed by atoms with Gasteiger partial charge in [-0.15, -0.1) is 11.3 Å². The van der Waals surface area contributed by atoms with Gasteiger partial charge in [-0.2, -0.15) is 0 Å². The molecule has 1 heterocycles. The molecular weight excluding hydrogens is 228 g/mol. The minimum atomic E-state index is -0.790. The van der Waals surface area contributed by atoms with Crippen molar-refractivity contribution < 1.29 is 14.6 Å². The van der Waals surface area contributed by atoms with Gasteiger partial charge in [0, 0.05) is 17.6 Å². The number of hydrogen-bond donors (Lipinski definition) is 2. The number of methoxy groups -OCH3 is 1. The number of hydrogen-bond acceptors (Lipinski definition) is 6. The number of esters is 1. The van der Waals surface area contributed by atoms with Gasteiger partial charge in [0.1, 0.15) is 6.04 Å². The van der Waals surface area contributed by atoms with E-state index in [0.29, 0.717) is 6.54 Å². The Balaban J connectivity index is 2.53. The van der Waals surface area contributed by atoms with E-state index in [-0.39, 0.29) is 0 Å². The van der Waals surface area contributed by atoms with Gasteiger partial charge < -0.3 is 9.84 Å². The van der Waals surface area contributed by atoms with Crippen LogP contribution >= 0.6 is 11.3 Å². The number of thiazole rings is 1. The largest absolute Gasteiger partial charge is 0.468 e. The molecule has 6 heteroatoms. The van der Waals surface area contributed by atoms with Crippen molar-refractivity contribution in [3.8, 4) is 0 Å². The summed E-state index contributed by atoms with van der Waals surface area (Å²) in [7, 11) is 1.30. The van der Waals surface area contributed by atoms with Gasteiger partial charge in [0.05, 0.1) is 18.2 Å². The molecule has 0 fully saturated rings. The predicted octanol–water partition coefficient (Wildman–Crippen LogP) is 0.464.